The van der Waals surface area contributed by atoms with Gasteiger partial charge in [0, 0.05) is 13.0 Å². The van der Waals surface area contributed by atoms with Crippen LogP contribution in [0.15, 0.2) is 18.2 Å². The quantitative estimate of drug-likeness (QED) is 0.778. The summed E-state index contributed by atoms with van der Waals surface area (Å²) in [6.45, 7) is 0.395. The van der Waals surface area contributed by atoms with Crippen LogP contribution in [0.3, 0.4) is 0 Å². The molecule has 2 rings (SSSR count). The molecule has 4 heteroatoms. The van der Waals surface area contributed by atoms with Gasteiger partial charge in [-0.05, 0) is 30.9 Å². The molecule has 0 aromatic carbocycles. The molecule has 0 unspecified atom stereocenters. The van der Waals surface area contributed by atoms with E-state index in [9.17, 15) is 4.79 Å². The summed E-state index contributed by atoms with van der Waals surface area (Å²) < 4.78 is 0. The Morgan fingerprint density at radius 2 is 2.33 bits per heavy atom. The van der Waals surface area contributed by atoms with Crippen molar-refractivity contribution in [1.29, 1.82) is 0 Å². The Morgan fingerprint density at radius 1 is 1.53 bits per heavy atom. The van der Waals surface area contributed by atoms with E-state index in [0.717, 1.165) is 5.69 Å². The lowest BCUT2D eigenvalue weighted by molar-refractivity contribution is -0.116. The van der Waals surface area contributed by atoms with Crippen LogP contribution in [0.25, 0.3) is 0 Å². The SMILES string of the molecule is NCc1cccc(NC(=O)CC2CC2)n1. The number of nitrogens with one attached hydrogen (secondary N) is 1. The van der Waals surface area contributed by atoms with Crippen molar-refractivity contribution in [3.8, 4) is 0 Å². The monoisotopic (exact) mass is 205 g/mol. The number of anilines is 1. The Labute approximate surface area is 88.9 Å². The van der Waals surface area contributed by atoms with Crippen LogP contribution in [0.2, 0.25) is 0 Å². The predicted octanol–water partition coefficient (Wildman–Crippen LogP) is 1.28. The van der Waals surface area contributed by atoms with Crippen molar-refractivity contribution in [2.75, 3.05) is 5.32 Å². The number of hydrogen-bond acceptors (Lipinski definition) is 3. The van der Waals surface area contributed by atoms with Crippen molar-refractivity contribution in [3.63, 3.8) is 0 Å². The van der Waals surface area contributed by atoms with Crippen LogP contribution in [-0.4, -0.2) is 10.9 Å². The van der Waals surface area contributed by atoms with Crippen molar-refractivity contribution >= 4 is 11.7 Å². The second-order valence-electron chi connectivity index (χ2n) is 3.91. The normalized spacial score (nSPS) is 15.0. The van der Waals surface area contributed by atoms with Gasteiger partial charge in [0.15, 0.2) is 0 Å². The summed E-state index contributed by atoms with van der Waals surface area (Å²) in [5, 5.41) is 2.78. The molecular weight excluding hydrogens is 190 g/mol. The van der Waals surface area contributed by atoms with E-state index in [2.05, 4.69) is 10.3 Å². The number of hydrogen-bond donors (Lipinski definition) is 2. The van der Waals surface area contributed by atoms with E-state index < -0.39 is 0 Å². The average molecular weight is 205 g/mol. The minimum Gasteiger partial charge on any atom is -0.325 e. The van der Waals surface area contributed by atoms with Gasteiger partial charge >= 0.3 is 0 Å². The smallest absolute Gasteiger partial charge is 0.225 e. The van der Waals surface area contributed by atoms with E-state index in [4.69, 9.17) is 5.73 Å². The standard InChI is InChI=1S/C11H15N3O/c12-7-9-2-1-3-10(13-9)14-11(15)6-8-4-5-8/h1-3,8H,4-7,12H2,(H,13,14,15). The lowest BCUT2D eigenvalue weighted by atomic mass is 10.3. The molecule has 0 radical (unpaired) electrons. The molecule has 0 aliphatic heterocycles. The van der Waals surface area contributed by atoms with Gasteiger partial charge in [0.1, 0.15) is 5.82 Å². The van der Waals surface area contributed by atoms with Crippen molar-refractivity contribution < 1.29 is 4.79 Å². The maximum Gasteiger partial charge on any atom is 0.225 e. The average Bonchev–Trinajstić information content (AvgIpc) is 3.02. The fourth-order valence-electron chi connectivity index (χ4n) is 1.44. The number of aromatic nitrogens is 1. The maximum atomic E-state index is 11.5. The van der Waals surface area contributed by atoms with Crippen LogP contribution in [0.5, 0.6) is 0 Å². The minimum atomic E-state index is 0.0548. The van der Waals surface area contributed by atoms with E-state index in [0.29, 0.717) is 24.7 Å². The first-order valence-electron chi connectivity index (χ1n) is 5.24. The van der Waals surface area contributed by atoms with Gasteiger partial charge in [-0.15, -0.1) is 0 Å². The number of nitrogens with zero attached hydrogens (tertiary/aromatic N) is 1. The molecule has 4 nitrogen and oxygen atoms in total. The molecule has 1 aliphatic carbocycles. The molecule has 1 amide bonds. The number of pyridine rings is 1. The molecule has 1 aromatic heterocycles. The number of rotatable bonds is 4. The van der Waals surface area contributed by atoms with Crippen molar-refractivity contribution in [1.82, 2.24) is 4.98 Å². The molecule has 3 N–H and O–H groups in total. The summed E-state index contributed by atoms with van der Waals surface area (Å²) in [5.41, 5.74) is 6.26. The molecule has 1 aromatic rings. The van der Waals surface area contributed by atoms with Gasteiger partial charge < -0.3 is 11.1 Å². The third-order valence-corrected chi connectivity index (χ3v) is 2.45. The third kappa shape index (κ3) is 3.02. The number of carbonyl (C=O) groups excluding carboxylic acids is 1. The van der Waals surface area contributed by atoms with Crippen molar-refractivity contribution in [3.05, 3.63) is 23.9 Å². The zero-order valence-corrected chi connectivity index (χ0v) is 8.57. The second-order valence-corrected chi connectivity index (χ2v) is 3.91. The van der Waals surface area contributed by atoms with Crippen LogP contribution in [0.1, 0.15) is 25.0 Å². The molecule has 0 saturated heterocycles. The number of nitrogens with two attached hydrogens (primary N) is 1. The topological polar surface area (TPSA) is 68.0 Å². The maximum absolute atomic E-state index is 11.5. The Bertz CT molecular complexity index is 361. The van der Waals surface area contributed by atoms with Gasteiger partial charge in [0.2, 0.25) is 5.91 Å². The Balaban J connectivity index is 1.93. The van der Waals surface area contributed by atoms with Gasteiger partial charge in [-0.3, -0.25) is 4.79 Å². The molecule has 80 valence electrons. The van der Waals surface area contributed by atoms with Gasteiger partial charge in [-0.1, -0.05) is 6.07 Å². The third-order valence-electron chi connectivity index (χ3n) is 2.45. The number of amides is 1. The Kier molecular flexibility index (Phi) is 2.97. The van der Waals surface area contributed by atoms with E-state index in [1.807, 2.05) is 12.1 Å². The van der Waals surface area contributed by atoms with Crippen LogP contribution in [-0.2, 0) is 11.3 Å². The summed E-state index contributed by atoms with van der Waals surface area (Å²) in [6, 6.07) is 5.47. The predicted molar refractivity (Wildman–Crippen MR) is 58.1 cm³/mol. The highest BCUT2D eigenvalue weighted by molar-refractivity contribution is 5.90. The van der Waals surface area contributed by atoms with Crippen LogP contribution >= 0.6 is 0 Å². The molecule has 0 spiro atoms. The highest BCUT2D eigenvalue weighted by Gasteiger charge is 2.24. The molecule has 15 heavy (non-hydrogen) atoms. The minimum absolute atomic E-state index is 0.0548. The van der Waals surface area contributed by atoms with Gasteiger partial charge in [0.25, 0.3) is 0 Å². The zero-order chi connectivity index (χ0) is 10.7. The number of carbonyl (C=O) groups is 1. The summed E-state index contributed by atoms with van der Waals surface area (Å²) in [7, 11) is 0. The van der Waals surface area contributed by atoms with Gasteiger partial charge in [0.05, 0.1) is 5.69 Å². The lowest BCUT2D eigenvalue weighted by Crippen LogP contribution is -2.13. The summed E-state index contributed by atoms with van der Waals surface area (Å²) >= 11 is 0. The first-order valence-corrected chi connectivity index (χ1v) is 5.24. The Hall–Kier alpha value is -1.42. The first-order chi connectivity index (χ1) is 7.28. The first kappa shape index (κ1) is 10.1. The van der Waals surface area contributed by atoms with E-state index in [1.165, 1.54) is 12.8 Å². The fraction of sp³-hybridized carbons (Fsp3) is 0.455. The molecule has 1 fully saturated rings. The summed E-state index contributed by atoms with van der Waals surface area (Å²) in [4.78, 5) is 15.7. The molecule has 0 atom stereocenters. The lowest BCUT2D eigenvalue weighted by Gasteiger charge is -2.04. The van der Waals surface area contributed by atoms with Crippen LogP contribution in [0.4, 0.5) is 5.82 Å². The largest absolute Gasteiger partial charge is 0.325 e. The van der Waals surface area contributed by atoms with E-state index in [-0.39, 0.29) is 5.91 Å². The highest BCUT2D eigenvalue weighted by Crippen LogP contribution is 2.32. The molecule has 1 saturated carbocycles. The summed E-state index contributed by atoms with van der Waals surface area (Å²) in [5.74, 6) is 1.26. The van der Waals surface area contributed by atoms with Crippen molar-refractivity contribution in [2.24, 2.45) is 11.7 Å². The molecule has 1 heterocycles. The molecular formula is C11H15N3O. The van der Waals surface area contributed by atoms with Crippen LogP contribution in [0, 0.1) is 5.92 Å². The second kappa shape index (κ2) is 4.40. The van der Waals surface area contributed by atoms with Crippen molar-refractivity contribution in [2.45, 2.75) is 25.8 Å². The van der Waals surface area contributed by atoms with Gasteiger partial charge in [-0.2, -0.15) is 0 Å². The van der Waals surface area contributed by atoms with Gasteiger partial charge in [-0.25, -0.2) is 4.98 Å². The molecule has 1 aliphatic rings. The van der Waals surface area contributed by atoms with E-state index >= 15 is 0 Å². The fourth-order valence-corrected chi connectivity index (χ4v) is 1.44. The van der Waals surface area contributed by atoms with Crippen LogP contribution < -0.4 is 11.1 Å². The zero-order valence-electron chi connectivity index (χ0n) is 8.57. The Morgan fingerprint density at radius 3 is 3.00 bits per heavy atom. The summed E-state index contributed by atoms with van der Waals surface area (Å²) in [6.07, 6.45) is 2.99. The van der Waals surface area contributed by atoms with E-state index in [1.54, 1.807) is 6.07 Å². The molecule has 0 bridgehead atoms. The highest BCUT2D eigenvalue weighted by atomic mass is 16.1.